The minimum atomic E-state index is 0.178. The van der Waals surface area contributed by atoms with Crippen molar-refractivity contribution in [2.45, 2.75) is 50.6 Å². The Labute approximate surface area is 112 Å². The maximum atomic E-state index is 12.3. The first kappa shape index (κ1) is 11.9. The van der Waals surface area contributed by atoms with Crippen LogP contribution in [-0.4, -0.2) is 27.9 Å². The Morgan fingerprint density at radius 2 is 2.00 bits per heavy atom. The molecule has 0 aromatic carbocycles. The summed E-state index contributed by atoms with van der Waals surface area (Å²) in [5, 5.41) is 1.96. The smallest absolute Gasteiger partial charge is 0.247 e. The van der Waals surface area contributed by atoms with Gasteiger partial charge >= 0.3 is 0 Å². The summed E-state index contributed by atoms with van der Waals surface area (Å²) in [7, 11) is 0. The fourth-order valence-corrected chi connectivity index (χ4v) is 3.26. The largest absolute Gasteiger partial charge is 0.333 e. The minimum absolute atomic E-state index is 0.178. The molecule has 0 saturated heterocycles. The van der Waals surface area contributed by atoms with E-state index in [-0.39, 0.29) is 5.91 Å². The third-order valence-electron chi connectivity index (χ3n) is 3.76. The molecule has 18 heavy (non-hydrogen) atoms. The summed E-state index contributed by atoms with van der Waals surface area (Å²) >= 11 is 1.56. The second kappa shape index (κ2) is 5.22. The molecule has 0 bridgehead atoms. The number of hydrogen-bond acceptors (Lipinski definition) is 3. The van der Waals surface area contributed by atoms with Crippen molar-refractivity contribution in [1.29, 1.82) is 0 Å². The standard InChI is InChI=1S/C14H18N2OS/c17-14(8-5-11-9-18-10-15-11)16(13-6-7-13)12-3-1-2-4-12/h5,8-10,12-13H,1-4,6-7H2/b8-5+. The molecule has 1 heterocycles. The average molecular weight is 262 g/mol. The van der Waals surface area contributed by atoms with Crippen molar-refractivity contribution >= 4 is 23.3 Å². The van der Waals surface area contributed by atoms with E-state index in [0.29, 0.717) is 12.1 Å². The van der Waals surface area contributed by atoms with E-state index < -0.39 is 0 Å². The number of rotatable bonds is 4. The predicted molar refractivity (Wildman–Crippen MR) is 73.3 cm³/mol. The Bertz CT molecular complexity index is 431. The molecule has 0 aliphatic heterocycles. The van der Waals surface area contributed by atoms with Crippen LogP contribution in [0.15, 0.2) is 17.0 Å². The van der Waals surface area contributed by atoms with Crippen LogP contribution < -0.4 is 0 Å². The second-order valence-electron chi connectivity index (χ2n) is 5.16. The van der Waals surface area contributed by atoms with E-state index in [0.717, 1.165) is 5.69 Å². The molecule has 1 amide bonds. The van der Waals surface area contributed by atoms with E-state index in [4.69, 9.17) is 0 Å². The lowest BCUT2D eigenvalue weighted by atomic mass is 10.2. The fraction of sp³-hybridized carbons (Fsp3) is 0.571. The van der Waals surface area contributed by atoms with E-state index >= 15 is 0 Å². The zero-order valence-corrected chi connectivity index (χ0v) is 11.2. The van der Waals surface area contributed by atoms with Crippen molar-refractivity contribution in [3.8, 4) is 0 Å². The van der Waals surface area contributed by atoms with Crippen molar-refractivity contribution in [2.24, 2.45) is 0 Å². The highest BCUT2D eigenvalue weighted by Gasteiger charge is 2.37. The summed E-state index contributed by atoms with van der Waals surface area (Å²) in [5.41, 5.74) is 2.68. The van der Waals surface area contributed by atoms with Gasteiger partial charge in [-0.2, -0.15) is 0 Å². The number of nitrogens with zero attached hydrogens (tertiary/aromatic N) is 2. The van der Waals surface area contributed by atoms with Crippen LogP contribution in [0, 0.1) is 0 Å². The number of carbonyl (C=O) groups is 1. The predicted octanol–water partition coefficient (Wildman–Crippen LogP) is 3.09. The summed E-state index contributed by atoms with van der Waals surface area (Å²) < 4.78 is 0. The molecule has 1 aromatic rings. The molecular formula is C14H18N2OS. The molecule has 1 aromatic heterocycles. The molecule has 96 valence electrons. The zero-order chi connectivity index (χ0) is 12.4. The van der Waals surface area contributed by atoms with Gasteiger partial charge in [0.25, 0.3) is 0 Å². The van der Waals surface area contributed by atoms with Crippen molar-refractivity contribution in [1.82, 2.24) is 9.88 Å². The van der Waals surface area contributed by atoms with Crippen LogP contribution in [0.5, 0.6) is 0 Å². The molecule has 2 fully saturated rings. The van der Waals surface area contributed by atoms with Crippen LogP contribution in [0.3, 0.4) is 0 Å². The Balaban J connectivity index is 1.68. The molecule has 2 aliphatic rings. The highest BCUT2D eigenvalue weighted by atomic mass is 32.1. The Morgan fingerprint density at radius 1 is 1.28 bits per heavy atom. The summed E-state index contributed by atoms with van der Waals surface area (Å²) in [6, 6.07) is 1.01. The summed E-state index contributed by atoms with van der Waals surface area (Å²) in [4.78, 5) is 18.6. The molecule has 2 aliphatic carbocycles. The average Bonchev–Trinajstić information content (AvgIpc) is 2.86. The van der Waals surface area contributed by atoms with Crippen LogP contribution in [0.1, 0.15) is 44.2 Å². The number of carbonyl (C=O) groups excluding carboxylic acids is 1. The number of hydrogen-bond donors (Lipinski definition) is 0. The van der Waals surface area contributed by atoms with E-state index in [1.165, 1.54) is 38.5 Å². The lowest BCUT2D eigenvalue weighted by Gasteiger charge is -2.27. The van der Waals surface area contributed by atoms with E-state index in [1.54, 1.807) is 22.9 Å². The first-order chi connectivity index (χ1) is 8.84. The highest BCUT2D eigenvalue weighted by molar-refractivity contribution is 7.07. The Kier molecular flexibility index (Phi) is 3.46. The molecule has 0 radical (unpaired) electrons. The maximum Gasteiger partial charge on any atom is 0.247 e. The van der Waals surface area contributed by atoms with Gasteiger partial charge in [-0.3, -0.25) is 4.79 Å². The van der Waals surface area contributed by atoms with Crippen molar-refractivity contribution in [2.75, 3.05) is 0 Å². The highest BCUT2D eigenvalue weighted by Crippen LogP contribution is 2.34. The van der Waals surface area contributed by atoms with Gasteiger partial charge in [0.2, 0.25) is 5.91 Å². The normalized spacial score (nSPS) is 20.7. The number of thiazole rings is 1. The Morgan fingerprint density at radius 3 is 2.61 bits per heavy atom. The molecule has 3 rings (SSSR count). The molecule has 0 N–H and O–H groups in total. The maximum absolute atomic E-state index is 12.3. The van der Waals surface area contributed by atoms with Crippen molar-refractivity contribution in [3.05, 3.63) is 22.7 Å². The first-order valence-corrected chi connectivity index (χ1v) is 7.67. The summed E-state index contributed by atoms with van der Waals surface area (Å²) in [6.45, 7) is 0. The lowest BCUT2D eigenvalue weighted by Crippen LogP contribution is -2.39. The van der Waals surface area contributed by atoms with Gasteiger partial charge in [-0.25, -0.2) is 4.98 Å². The van der Waals surface area contributed by atoms with Crippen LogP contribution in [0.25, 0.3) is 6.08 Å². The van der Waals surface area contributed by atoms with Crippen LogP contribution >= 0.6 is 11.3 Å². The molecule has 3 nitrogen and oxygen atoms in total. The SMILES string of the molecule is O=C(/C=C/c1cscn1)N(C1CCCC1)C1CC1. The molecular weight excluding hydrogens is 244 g/mol. The van der Waals surface area contributed by atoms with E-state index in [9.17, 15) is 4.79 Å². The van der Waals surface area contributed by atoms with Gasteiger partial charge in [-0.05, 0) is 31.8 Å². The monoisotopic (exact) mass is 262 g/mol. The van der Waals surface area contributed by atoms with Gasteiger partial charge in [0.1, 0.15) is 0 Å². The third kappa shape index (κ3) is 2.64. The van der Waals surface area contributed by atoms with Crippen molar-refractivity contribution < 1.29 is 4.79 Å². The second-order valence-corrected chi connectivity index (χ2v) is 5.88. The molecule has 0 unspecified atom stereocenters. The molecule has 4 heteroatoms. The quantitative estimate of drug-likeness (QED) is 0.781. The lowest BCUT2D eigenvalue weighted by molar-refractivity contribution is -0.128. The first-order valence-electron chi connectivity index (χ1n) is 6.73. The van der Waals surface area contributed by atoms with Gasteiger partial charge in [0.15, 0.2) is 0 Å². The topological polar surface area (TPSA) is 33.2 Å². The van der Waals surface area contributed by atoms with E-state index in [2.05, 4.69) is 9.88 Å². The zero-order valence-electron chi connectivity index (χ0n) is 10.4. The van der Waals surface area contributed by atoms with Gasteiger partial charge < -0.3 is 4.90 Å². The molecule has 2 saturated carbocycles. The summed E-state index contributed by atoms with van der Waals surface area (Å²) in [6.07, 6.45) is 10.8. The number of aromatic nitrogens is 1. The van der Waals surface area contributed by atoms with E-state index in [1.807, 2.05) is 11.5 Å². The van der Waals surface area contributed by atoms with Crippen LogP contribution in [0.4, 0.5) is 0 Å². The van der Waals surface area contributed by atoms with Gasteiger partial charge in [-0.15, -0.1) is 11.3 Å². The third-order valence-corrected chi connectivity index (χ3v) is 4.37. The Hall–Kier alpha value is -1.16. The summed E-state index contributed by atoms with van der Waals surface area (Å²) in [5.74, 6) is 0.178. The fourth-order valence-electron chi connectivity index (χ4n) is 2.74. The van der Waals surface area contributed by atoms with Gasteiger partial charge in [0.05, 0.1) is 11.2 Å². The molecule has 0 atom stereocenters. The van der Waals surface area contributed by atoms with Gasteiger partial charge in [0, 0.05) is 23.5 Å². The number of amides is 1. The van der Waals surface area contributed by atoms with Gasteiger partial charge in [-0.1, -0.05) is 12.8 Å². The van der Waals surface area contributed by atoms with Crippen LogP contribution in [-0.2, 0) is 4.79 Å². The molecule has 0 spiro atoms. The minimum Gasteiger partial charge on any atom is -0.333 e. The van der Waals surface area contributed by atoms with Crippen LogP contribution in [0.2, 0.25) is 0 Å². The van der Waals surface area contributed by atoms with Crippen molar-refractivity contribution in [3.63, 3.8) is 0 Å².